The molecule has 0 aromatic carbocycles. The van der Waals surface area contributed by atoms with Crippen LogP contribution in [0.15, 0.2) is 12.7 Å². The van der Waals surface area contributed by atoms with Gasteiger partial charge in [0.1, 0.15) is 0 Å². The van der Waals surface area contributed by atoms with Gasteiger partial charge in [0.2, 0.25) is 16.2 Å². The molecule has 0 saturated heterocycles. The average molecular weight is 433 g/mol. The van der Waals surface area contributed by atoms with Gasteiger partial charge in [0.15, 0.2) is 16.6 Å². The van der Waals surface area contributed by atoms with Crippen LogP contribution in [0.5, 0.6) is 0 Å². The van der Waals surface area contributed by atoms with Crippen molar-refractivity contribution in [2.45, 2.75) is 96.7 Å². The Morgan fingerprint density at radius 3 is 1.74 bits per heavy atom. The molecule has 0 saturated carbocycles. The van der Waals surface area contributed by atoms with Crippen LogP contribution in [-0.4, -0.2) is 45.5 Å². The quantitative estimate of drug-likeness (QED) is 0.100. The van der Waals surface area contributed by atoms with E-state index in [4.69, 9.17) is 18.0 Å². The van der Waals surface area contributed by atoms with E-state index < -0.39 is 23.1 Å². The van der Waals surface area contributed by atoms with Crippen molar-refractivity contribution >= 4 is 32.4 Å². The van der Waals surface area contributed by atoms with Gasteiger partial charge in [-0.15, -0.1) is 0 Å². The Hall–Kier alpha value is -0.259. The van der Waals surface area contributed by atoms with Gasteiger partial charge in [0.25, 0.3) is 0 Å². The largest absolute Gasteiger partial charge is 0.463 e. The van der Waals surface area contributed by atoms with Crippen molar-refractivity contribution in [1.29, 1.82) is 0 Å². The second-order valence-corrected chi connectivity index (χ2v) is 17.2. The smallest absolute Gasteiger partial charge is 0.330 e. The number of esters is 1. The van der Waals surface area contributed by atoms with Gasteiger partial charge in [0.05, 0.1) is 6.61 Å². The summed E-state index contributed by atoms with van der Waals surface area (Å²) in [5, 5.41) is 0. The van der Waals surface area contributed by atoms with Gasteiger partial charge in [-0.2, -0.15) is 0 Å². The SMILES string of the molecule is C=CC(=O)OCCC[Si]OC(O[Si](CC)(CC)CC)O[Si](CC)(CC)CC. The van der Waals surface area contributed by atoms with Crippen molar-refractivity contribution < 1.29 is 22.8 Å². The van der Waals surface area contributed by atoms with Crippen molar-refractivity contribution in [2.24, 2.45) is 0 Å². The van der Waals surface area contributed by atoms with Crippen LogP contribution in [0.1, 0.15) is 48.0 Å². The van der Waals surface area contributed by atoms with E-state index >= 15 is 0 Å². The molecule has 0 bridgehead atoms. The minimum absolute atomic E-state index is 0.274. The van der Waals surface area contributed by atoms with E-state index in [9.17, 15) is 4.79 Å². The maximum Gasteiger partial charge on any atom is 0.330 e. The lowest BCUT2D eigenvalue weighted by atomic mass is 10.5. The molecule has 0 N–H and O–H groups in total. The minimum Gasteiger partial charge on any atom is -0.463 e. The lowest BCUT2D eigenvalue weighted by molar-refractivity contribution is -0.155. The maximum atomic E-state index is 11.1. The fourth-order valence-electron chi connectivity index (χ4n) is 2.98. The van der Waals surface area contributed by atoms with Crippen molar-refractivity contribution in [3.63, 3.8) is 0 Å². The van der Waals surface area contributed by atoms with Gasteiger partial charge < -0.3 is 18.0 Å². The molecule has 0 aliphatic rings. The zero-order valence-electron chi connectivity index (χ0n) is 18.3. The molecule has 8 heteroatoms. The molecule has 158 valence electrons. The van der Waals surface area contributed by atoms with Crippen LogP contribution in [0.25, 0.3) is 0 Å². The highest BCUT2D eigenvalue weighted by Gasteiger charge is 2.38. The van der Waals surface area contributed by atoms with Crippen LogP contribution in [0.2, 0.25) is 42.3 Å². The Kier molecular flexibility index (Phi) is 14.6. The molecule has 0 spiro atoms. The predicted octanol–water partition coefficient (Wildman–Crippen LogP) is 5.49. The highest BCUT2D eigenvalue weighted by molar-refractivity contribution is 6.74. The van der Waals surface area contributed by atoms with Crippen LogP contribution in [0, 0.1) is 0 Å². The number of carbonyl (C=O) groups excluding carboxylic acids is 1. The van der Waals surface area contributed by atoms with Crippen LogP contribution in [0.4, 0.5) is 0 Å². The fourth-order valence-corrected chi connectivity index (χ4v) is 8.92. The first-order valence-corrected chi connectivity index (χ1v) is 16.6. The summed E-state index contributed by atoms with van der Waals surface area (Å²) >= 11 is 0. The van der Waals surface area contributed by atoms with Gasteiger partial charge >= 0.3 is 5.97 Å². The van der Waals surface area contributed by atoms with Crippen LogP contribution in [0.3, 0.4) is 0 Å². The molecule has 0 aliphatic carbocycles. The second-order valence-electron chi connectivity index (χ2n) is 6.75. The van der Waals surface area contributed by atoms with Gasteiger partial charge in [-0.05, 0) is 48.7 Å². The molecule has 0 rings (SSSR count). The summed E-state index contributed by atoms with van der Waals surface area (Å²) in [4.78, 5) is 11.1. The number of hydrogen-bond acceptors (Lipinski definition) is 5. The highest BCUT2D eigenvalue weighted by atomic mass is 28.4. The Morgan fingerprint density at radius 1 is 0.926 bits per heavy atom. The fraction of sp³-hybridized carbons (Fsp3) is 0.842. The molecule has 0 heterocycles. The summed E-state index contributed by atoms with van der Waals surface area (Å²) in [7, 11) is -3.36. The number of rotatable bonds is 17. The van der Waals surface area contributed by atoms with E-state index in [0.29, 0.717) is 6.61 Å². The van der Waals surface area contributed by atoms with E-state index in [2.05, 4.69) is 48.1 Å². The number of hydrogen-bond donors (Lipinski definition) is 0. The zero-order chi connectivity index (χ0) is 20.8. The van der Waals surface area contributed by atoms with Crippen molar-refractivity contribution in [1.82, 2.24) is 0 Å². The van der Waals surface area contributed by atoms with E-state index in [-0.39, 0.29) is 15.7 Å². The van der Waals surface area contributed by atoms with Crippen LogP contribution < -0.4 is 0 Å². The summed E-state index contributed by atoms with van der Waals surface area (Å²) < 4.78 is 24.2. The molecule has 0 aromatic rings. The third-order valence-electron chi connectivity index (χ3n) is 5.57. The molecule has 0 aliphatic heterocycles. The number of ether oxygens (including phenoxy) is 1. The lowest BCUT2D eigenvalue weighted by Crippen LogP contribution is -2.48. The summed E-state index contributed by atoms with van der Waals surface area (Å²) in [6, 6.07) is 7.26. The molecule has 0 unspecified atom stereocenters. The first-order valence-electron chi connectivity index (χ1n) is 10.4. The molecular formula is C19H40O5Si3. The third-order valence-corrected chi connectivity index (χ3v) is 15.6. The molecule has 0 fully saturated rings. The van der Waals surface area contributed by atoms with Crippen molar-refractivity contribution in [3.8, 4) is 0 Å². The standard InChI is InChI=1S/C19H40O5Si3/c1-8-18(20)21-16-15-17-25-22-19(23-26(9-2,10-3)11-4)24-27(12-5,13-6)14-7/h8,19H,1,9-17H2,2-7H3. The van der Waals surface area contributed by atoms with Gasteiger partial charge in [-0.25, -0.2) is 4.79 Å². The van der Waals surface area contributed by atoms with Crippen molar-refractivity contribution in [2.75, 3.05) is 6.61 Å². The topological polar surface area (TPSA) is 54.0 Å². The highest BCUT2D eigenvalue weighted by Crippen LogP contribution is 2.29. The number of carbonyl (C=O) groups is 1. The predicted molar refractivity (Wildman–Crippen MR) is 118 cm³/mol. The van der Waals surface area contributed by atoms with E-state index in [0.717, 1.165) is 48.7 Å². The maximum absolute atomic E-state index is 11.1. The first kappa shape index (κ1) is 26.7. The third kappa shape index (κ3) is 9.67. The molecule has 0 amide bonds. The summed E-state index contributed by atoms with van der Waals surface area (Å²) in [6.45, 7) is 16.6. The van der Waals surface area contributed by atoms with E-state index in [1.165, 1.54) is 6.08 Å². The molecular weight excluding hydrogens is 392 g/mol. The van der Waals surface area contributed by atoms with E-state index in [1.807, 2.05) is 0 Å². The molecule has 5 nitrogen and oxygen atoms in total. The molecule has 0 aromatic heterocycles. The Bertz CT molecular complexity index is 374. The summed E-state index contributed by atoms with van der Waals surface area (Å²) in [6.07, 6.45) is 1.95. The van der Waals surface area contributed by atoms with E-state index in [1.54, 1.807) is 0 Å². The molecule has 27 heavy (non-hydrogen) atoms. The monoisotopic (exact) mass is 432 g/mol. The van der Waals surface area contributed by atoms with Crippen LogP contribution in [-0.2, 0) is 22.8 Å². The average Bonchev–Trinajstić information content (AvgIpc) is 2.72. The van der Waals surface area contributed by atoms with Gasteiger partial charge in [-0.3, -0.25) is 0 Å². The lowest BCUT2D eigenvalue weighted by Gasteiger charge is -2.38. The molecule has 0 atom stereocenters. The van der Waals surface area contributed by atoms with Gasteiger partial charge in [0, 0.05) is 6.08 Å². The Labute approximate surface area is 171 Å². The minimum atomic E-state index is -1.82. The van der Waals surface area contributed by atoms with Crippen molar-refractivity contribution in [3.05, 3.63) is 12.7 Å². The zero-order valence-corrected chi connectivity index (χ0v) is 21.3. The summed E-state index contributed by atoms with van der Waals surface area (Å²) in [5.74, 6) is -0.377. The van der Waals surface area contributed by atoms with Crippen LogP contribution >= 0.6 is 0 Å². The second kappa shape index (κ2) is 14.7. The Balaban J connectivity index is 4.83. The first-order chi connectivity index (χ1) is 12.9. The van der Waals surface area contributed by atoms with Gasteiger partial charge in [-0.1, -0.05) is 48.1 Å². The molecule has 2 radical (unpaired) electrons. The summed E-state index contributed by atoms with van der Waals surface area (Å²) in [5.41, 5.74) is 0. The normalized spacial score (nSPS) is 12.4. The Morgan fingerprint density at radius 2 is 1.37 bits per heavy atom.